The van der Waals surface area contributed by atoms with Gasteiger partial charge in [-0.1, -0.05) is 0 Å². The number of rotatable bonds is 2. The Morgan fingerprint density at radius 3 is 2.53 bits per heavy atom. The van der Waals surface area contributed by atoms with E-state index in [1.165, 1.54) is 6.07 Å². The lowest BCUT2D eigenvalue weighted by Gasteiger charge is -2.33. The van der Waals surface area contributed by atoms with Crippen LogP contribution in [0.5, 0.6) is 0 Å². The molecule has 1 aliphatic rings. The number of piperidine rings is 1. The van der Waals surface area contributed by atoms with E-state index >= 15 is 4.39 Å². The maximum Gasteiger partial charge on any atom is 0.410 e. The lowest BCUT2D eigenvalue weighted by Crippen LogP contribution is -2.42. The number of likely N-dealkylation sites (tertiary alicyclic amines) is 1. The molecule has 9 heteroatoms. The minimum Gasteiger partial charge on any atom is -0.444 e. The largest absolute Gasteiger partial charge is 0.444 e. The van der Waals surface area contributed by atoms with Crippen LogP contribution >= 0.6 is 0 Å². The van der Waals surface area contributed by atoms with Crippen LogP contribution in [0.1, 0.15) is 51.0 Å². The first kappa shape index (κ1) is 22.3. The van der Waals surface area contributed by atoms with E-state index in [1.54, 1.807) is 4.90 Å². The first-order valence-corrected chi connectivity index (χ1v) is 11.6. The van der Waals surface area contributed by atoms with E-state index in [-0.39, 0.29) is 18.0 Å². The van der Waals surface area contributed by atoms with Crippen molar-refractivity contribution in [1.82, 2.24) is 29.0 Å². The summed E-state index contributed by atoms with van der Waals surface area (Å²) >= 11 is 0. The summed E-state index contributed by atoms with van der Waals surface area (Å²) in [5.41, 5.74) is 3.70. The second-order valence-corrected chi connectivity index (χ2v) is 10.0. The fraction of sp³-hybridized carbons (Fsp3) is 0.440. The third kappa shape index (κ3) is 4.22. The maximum atomic E-state index is 15.1. The number of carbonyl (C=O) groups excluding carboxylic acids is 1. The van der Waals surface area contributed by atoms with E-state index in [4.69, 9.17) is 4.74 Å². The van der Waals surface area contributed by atoms with Crippen LogP contribution in [0.25, 0.3) is 27.8 Å². The zero-order chi connectivity index (χ0) is 24.2. The van der Waals surface area contributed by atoms with Crippen LogP contribution in [0.3, 0.4) is 0 Å². The molecule has 0 saturated carbocycles. The van der Waals surface area contributed by atoms with Crippen molar-refractivity contribution in [3.8, 4) is 11.3 Å². The normalized spacial score (nSPS) is 15.4. The molecule has 5 rings (SSSR count). The van der Waals surface area contributed by atoms with E-state index < -0.39 is 5.60 Å². The molecule has 0 spiro atoms. The van der Waals surface area contributed by atoms with Gasteiger partial charge < -0.3 is 14.0 Å². The van der Waals surface area contributed by atoms with Crippen molar-refractivity contribution >= 4 is 22.6 Å². The van der Waals surface area contributed by atoms with E-state index in [9.17, 15) is 4.79 Å². The molecule has 1 aromatic carbocycles. The van der Waals surface area contributed by atoms with Crippen molar-refractivity contribution in [1.29, 1.82) is 0 Å². The molecule has 1 saturated heterocycles. The highest BCUT2D eigenvalue weighted by molar-refractivity contribution is 5.84. The number of fused-ring (bicyclic) bond motifs is 2. The summed E-state index contributed by atoms with van der Waals surface area (Å²) in [6.45, 7) is 10.6. The second-order valence-electron chi connectivity index (χ2n) is 10.0. The van der Waals surface area contributed by atoms with Gasteiger partial charge in [-0.25, -0.2) is 19.2 Å². The highest BCUT2D eigenvalue weighted by Gasteiger charge is 2.28. The summed E-state index contributed by atoms with van der Waals surface area (Å²) in [5.74, 6) is -0.376. The second kappa shape index (κ2) is 8.07. The third-order valence-electron chi connectivity index (χ3n) is 6.09. The molecule has 4 aromatic rings. The van der Waals surface area contributed by atoms with Gasteiger partial charge in [0.15, 0.2) is 11.5 Å². The molecule has 0 bridgehead atoms. The molecule has 3 aromatic heterocycles. The van der Waals surface area contributed by atoms with Crippen LogP contribution in [-0.4, -0.2) is 53.8 Å². The SMILES string of the molecule is Cc1cn2cc(-c3cc(F)c4nn(C5CCN(C(=O)OC(C)(C)C)CC5)cc4c3)nc(C)c2n1. The number of ether oxygens (including phenoxy) is 1. The molecule has 34 heavy (non-hydrogen) atoms. The Kier molecular flexibility index (Phi) is 5.30. The molecule has 0 atom stereocenters. The molecular weight excluding hydrogens is 435 g/mol. The van der Waals surface area contributed by atoms with Crippen LogP contribution in [0, 0.1) is 19.7 Å². The quantitative estimate of drug-likeness (QED) is 0.414. The van der Waals surface area contributed by atoms with Crippen molar-refractivity contribution in [2.75, 3.05) is 13.1 Å². The summed E-state index contributed by atoms with van der Waals surface area (Å²) in [6.07, 6.45) is 6.88. The summed E-state index contributed by atoms with van der Waals surface area (Å²) in [4.78, 5) is 23.2. The van der Waals surface area contributed by atoms with Crippen molar-refractivity contribution in [2.45, 2.75) is 59.1 Å². The first-order valence-electron chi connectivity index (χ1n) is 11.6. The van der Waals surface area contributed by atoms with E-state index in [2.05, 4.69) is 15.1 Å². The predicted molar refractivity (Wildman–Crippen MR) is 127 cm³/mol. The Balaban J connectivity index is 1.39. The Morgan fingerprint density at radius 1 is 1.09 bits per heavy atom. The Hall–Kier alpha value is -3.49. The number of benzene rings is 1. The summed E-state index contributed by atoms with van der Waals surface area (Å²) in [5, 5.41) is 5.27. The Bertz CT molecular complexity index is 1390. The highest BCUT2D eigenvalue weighted by Crippen LogP contribution is 2.30. The monoisotopic (exact) mass is 464 g/mol. The minimum absolute atomic E-state index is 0.0968. The van der Waals surface area contributed by atoms with Crippen molar-refractivity contribution in [2.24, 2.45) is 0 Å². The van der Waals surface area contributed by atoms with Crippen LogP contribution in [0.4, 0.5) is 9.18 Å². The third-order valence-corrected chi connectivity index (χ3v) is 6.09. The lowest BCUT2D eigenvalue weighted by atomic mass is 10.1. The van der Waals surface area contributed by atoms with Gasteiger partial charge in [0.05, 0.1) is 23.1 Å². The standard InChI is InChI=1S/C25H29FN6O2/c1-15-12-31-14-21(28-16(2)23(31)27-15)17-10-18-13-32(29-22(18)20(26)11-17)19-6-8-30(9-7-19)24(33)34-25(3,4)5/h10-14,19H,6-9H2,1-5H3. The zero-order valence-electron chi connectivity index (χ0n) is 20.2. The van der Waals surface area contributed by atoms with E-state index in [1.807, 2.05) is 68.4 Å². The number of carbonyl (C=O) groups is 1. The maximum absolute atomic E-state index is 15.1. The van der Waals surface area contributed by atoms with E-state index in [0.29, 0.717) is 29.9 Å². The molecule has 4 heterocycles. The van der Waals surface area contributed by atoms with Crippen molar-refractivity contribution in [3.05, 3.63) is 47.9 Å². The number of hydrogen-bond donors (Lipinski definition) is 0. The fourth-order valence-electron chi connectivity index (χ4n) is 4.50. The molecular formula is C25H29FN6O2. The van der Waals surface area contributed by atoms with Gasteiger partial charge in [0.2, 0.25) is 0 Å². The topological polar surface area (TPSA) is 77.5 Å². The molecule has 178 valence electrons. The number of aryl methyl sites for hydroxylation is 2. The van der Waals surface area contributed by atoms with Gasteiger partial charge in [0, 0.05) is 42.6 Å². The average molecular weight is 465 g/mol. The van der Waals surface area contributed by atoms with Crippen LogP contribution in [0.2, 0.25) is 0 Å². The molecule has 0 aliphatic carbocycles. The first-order chi connectivity index (χ1) is 16.1. The molecule has 1 fully saturated rings. The molecule has 1 amide bonds. The number of imidazole rings is 1. The molecule has 0 radical (unpaired) electrons. The van der Waals surface area contributed by atoms with Gasteiger partial charge in [-0.2, -0.15) is 5.10 Å². The molecule has 8 nitrogen and oxygen atoms in total. The smallest absolute Gasteiger partial charge is 0.410 e. The van der Waals surface area contributed by atoms with Gasteiger partial charge in [-0.15, -0.1) is 0 Å². The van der Waals surface area contributed by atoms with Crippen LogP contribution < -0.4 is 0 Å². The van der Waals surface area contributed by atoms with Crippen LogP contribution in [0.15, 0.2) is 30.7 Å². The average Bonchev–Trinajstić information content (AvgIpc) is 3.36. The molecule has 0 N–H and O–H groups in total. The minimum atomic E-state index is -0.516. The van der Waals surface area contributed by atoms with Gasteiger partial charge in [0.25, 0.3) is 0 Å². The van der Waals surface area contributed by atoms with Crippen LogP contribution in [-0.2, 0) is 4.74 Å². The molecule has 1 aliphatic heterocycles. The summed E-state index contributed by atoms with van der Waals surface area (Å²) in [6, 6.07) is 3.51. The predicted octanol–water partition coefficient (Wildman–Crippen LogP) is 5.07. The molecule has 0 unspecified atom stereocenters. The van der Waals surface area contributed by atoms with Gasteiger partial charge in [-0.05, 0) is 59.6 Å². The number of nitrogens with zero attached hydrogens (tertiary/aromatic N) is 6. The van der Waals surface area contributed by atoms with Gasteiger partial charge in [0.1, 0.15) is 11.1 Å². The number of aromatic nitrogens is 5. The number of halogens is 1. The van der Waals surface area contributed by atoms with E-state index in [0.717, 1.165) is 35.3 Å². The Morgan fingerprint density at radius 2 is 1.82 bits per heavy atom. The Labute approximate surface area is 197 Å². The fourth-order valence-corrected chi connectivity index (χ4v) is 4.50. The lowest BCUT2D eigenvalue weighted by molar-refractivity contribution is 0.0185. The summed E-state index contributed by atoms with van der Waals surface area (Å²) in [7, 11) is 0. The van der Waals surface area contributed by atoms with Crippen molar-refractivity contribution in [3.63, 3.8) is 0 Å². The summed E-state index contributed by atoms with van der Waals surface area (Å²) < 4.78 is 24.3. The number of hydrogen-bond acceptors (Lipinski definition) is 5. The number of amides is 1. The van der Waals surface area contributed by atoms with Gasteiger partial charge >= 0.3 is 6.09 Å². The highest BCUT2D eigenvalue weighted by atomic mass is 19.1. The van der Waals surface area contributed by atoms with Gasteiger partial charge in [-0.3, -0.25) is 4.68 Å². The zero-order valence-corrected chi connectivity index (χ0v) is 20.2. The van der Waals surface area contributed by atoms with Crippen molar-refractivity contribution < 1.29 is 13.9 Å².